The molecule has 0 atom stereocenters. The number of aromatic nitrogens is 7. The van der Waals surface area contributed by atoms with E-state index in [1.165, 1.54) is 12.8 Å². The summed E-state index contributed by atoms with van der Waals surface area (Å²) < 4.78 is 3.68. The molecule has 0 aliphatic heterocycles. The molecule has 1 N–H and O–H groups in total. The van der Waals surface area contributed by atoms with Gasteiger partial charge in [0.15, 0.2) is 5.82 Å². The third kappa shape index (κ3) is 3.82. The van der Waals surface area contributed by atoms with E-state index in [9.17, 15) is 0 Å². The second-order valence-corrected chi connectivity index (χ2v) is 9.25. The van der Waals surface area contributed by atoms with Crippen molar-refractivity contribution in [2.45, 2.75) is 25.8 Å². The molecule has 8 nitrogen and oxygen atoms in total. The van der Waals surface area contributed by atoms with Gasteiger partial charge in [-0.05, 0) is 49.1 Å². The second-order valence-electron chi connectivity index (χ2n) is 8.21. The molecular formula is C22H22N8S. The minimum atomic E-state index is 0.674. The van der Waals surface area contributed by atoms with Gasteiger partial charge in [0.25, 0.3) is 0 Å². The van der Waals surface area contributed by atoms with Crippen LogP contribution >= 0.6 is 11.3 Å². The van der Waals surface area contributed by atoms with Gasteiger partial charge in [0.1, 0.15) is 5.01 Å². The van der Waals surface area contributed by atoms with E-state index in [-0.39, 0.29) is 0 Å². The van der Waals surface area contributed by atoms with Crippen LogP contribution in [0, 0.1) is 5.92 Å². The summed E-state index contributed by atoms with van der Waals surface area (Å²) >= 11 is 1.60. The second kappa shape index (κ2) is 7.51. The maximum atomic E-state index is 4.73. The van der Waals surface area contributed by atoms with Crippen molar-refractivity contribution in [3.63, 3.8) is 0 Å². The van der Waals surface area contributed by atoms with Crippen LogP contribution in [-0.4, -0.2) is 41.1 Å². The number of hydrogen-bond acceptors (Lipinski definition) is 7. The van der Waals surface area contributed by atoms with Crippen molar-refractivity contribution in [1.82, 2.24) is 39.9 Å². The van der Waals surface area contributed by atoms with E-state index < -0.39 is 0 Å². The van der Waals surface area contributed by atoms with Crippen molar-refractivity contribution in [3.8, 4) is 11.1 Å². The maximum Gasteiger partial charge on any atom is 0.234 e. The number of aryl methyl sites for hydroxylation is 1. The lowest BCUT2D eigenvalue weighted by atomic mass is 10.0. The first-order chi connectivity index (χ1) is 15.2. The number of nitrogens with zero attached hydrogens (tertiary/aromatic N) is 7. The smallest absolute Gasteiger partial charge is 0.234 e. The zero-order chi connectivity index (χ0) is 20.8. The molecule has 1 saturated carbocycles. The Bertz CT molecular complexity index is 1380. The fourth-order valence-corrected chi connectivity index (χ4v) is 4.61. The summed E-state index contributed by atoms with van der Waals surface area (Å²) in [7, 11) is 1.92. The number of fused-ring (bicyclic) bond motifs is 2. The number of benzene rings is 1. The normalized spacial score (nSPS) is 14.1. The molecule has 0 bridgehead atoms. The molecule has 6 rings (SSSR count). The molecule has 0 amide bonds. The lowest BCUT2D eigenvalue weighted by Crippen LogP contribution is -2.16. The molecule has 1 fully saturated rings. The van der Waals surface area contributed by atoms with Crippen LogP contribution in [0.2, 0.25) is 0 Å². The maximum absolute atomic E-state index is 4.73. The minimum absolute atomic E-state index is 0.674. The van der Waals surface area contributed by atoms with E-state index in [1.807, 2.05) is 30.2 Å². The van der Waals surface area contributed by atoms with Crippen LogP contribution in [0.15, 0.2) is 42.9 Å². The Morgan fingerprint density at radius 1 is 1.13 bits per heavy atom. The number of rotatable bonds is 7. The molecule has 4 aromatic heterocycles. The van der Waals surface area contributed by atoms with Gasteiger partial charge < -0.3 is 5.32 Å². The molecule has 0 saturated heterocycles. The summed E-state index contributed by atoms with van der Waals surface area (Å²) in [6.45, 7) is 1.88. The minimum Gasteiger partial charge on any atom is -0.310 e. The van der Waals surface area contributed by atoms with Crippen LogP contribution in [0.1, 0.15) is 29.2 Å². The highest BCUT2D eigenvalue weighted by atomic mass is 32.1. The molecule has 31 heavy (non-hydrogen) atoms. The van der Waals surface area contributed by atoms with E-state index in [2.05, 4.69) is 49.9 Å². The van der Waals surface area contributed by atoms with Gasteiger partial charge in [0, 0.05) is 48.9 Å². The summed E-state index contributed by atoms with van der Waals surface area (Å²) in [5, 5.41) is 23.3. The average molecular weight is 431 g/mol. The average Bonchev–Trinajstić information content (AvgIpc) is 3.16. The zero-order valence-corrected chi connectivity index (χ0v) is 18.0. The summed E-state index contributed by atoms with van der Waals surface area (Å²) in [6, 6.07) is 8.50. The Balaban J connectivity index is 1.25. The van der Waals surface area contributed by atoms with Crippen LogP contribution < -0.4 is 5.32 Å². The standard InChI is InChI=1S/C22H22N8S/c1-29-13-18(11-25-29)17-8-16-6-15(4-5-19(16)24-10-17)7-20-26-27-22-30(20)28-21(31-22)12-23-9-14-2-3-14/h4-6,8,10-11,13-14,23H,2-3,7,9,12H2,1H3. The van der Waals surface area contributed by atoms with Crippen molar-refractivity contribution >= 4 is 27.2 Å². The van der Waals surface area contributed by atoms with Gasteiger partial charge in [-0.2, -0.15) is 14.7 Å². The van der Waals surface area contributed by atoms with E-state index in [0.717, 1.165) is 62.4 Å². The third-order valence-electron chi connectivity index (χ3n) is 5.65. The quantitative estimate of drug-likeness (QED) is 0.427. The Hall–Kier alpha value is -3.17. The number of pyridine rings is 1. The van der Waals surface area contributed by atoms with Gasteiger partial charge in [-0.15, -0.1) is 10.2 Å². The molecule has 1 aliphatic rings. The summed E-state index contributed by atoms with van der Waals surface area (Å²) in [5.74, 6) is 1.72. The van der Waals surface area contributed by atoms with Crippen LogP contribution in [0.4, 0.5) is 0 Å². The third-order valence-corrected chi connectivity index (χ3v) is 6.55. The Kier molecular flexibility index (Phi) is 4.50. The van der Waals surface area contributed by atoms with Crippen LogP contribution in [0.5, 0.6) is 0 Å². The highest BCUT2D eigenvalue weighted by Gasteiger charge is 2.20. The van der Waals surface area contributed by atoms with E-state index in [0.29, 0.717) is 6.42 Å². The van der Waals surface area contributed by atoms with Gasteiger partial charge in [-0.25, -0.2) is 0 Å². The van der Waals surface area contributed by atoms with Crippen molar-refractivity contribution in [3.05, 3.63) is 59.3 Å². The molecule has 1 aliphatic carbocycles. The molecule has 9 heteroatoms. The van der Waals surface area contributed by atoms with Gasteiger partial charge in [0.2, 0.25) is 4.96 Å². The Labute approximate surface area is 183 Å². The molecule has 5 aromatic rings. The molecule has 0 spiro atoms. The lowest BCUT2D eigenvalue weighted by Gasteiger charge is -2.04. The van der Waals surface area contributed by atoms with E-state index in [4.69, 9.17) is 5.10 Å². The molecular weight excluding hydrogens is 408 g/mol. The van der Waals surface area contributed by atoms with Gasteiger partial charge >= 0.3 is 0 Å². The predicted octanol–water partition coefficient (Wildman–Crippen LogP) is 3.22. The number of hydrogen-bond donors (Lipinski definition) is 1. The van der Waals surface area contributed by atoms with Crippen molar-refractivity contribution < 1.29 is 0 Å². The van der Waals surface area contributed by atoms with Gasteiger partial charge in [-0.3, -0.25) is 9.67 Å². The van der Waals surface area contributed by atoms with Crippen LogP contribution in [-0.2, 0) is 20.0 Å². The molecule has 4 heterocycles. The van der Waals surface area contributed by atoms with Crippen LogP contribution in [0.25, 0.3) is 27.0 Å². The Morgan fingerprint density at radius 3 is 2.90 bits per heavy atom. The van der Waals surface area contributed by atoms with Crippen molar-refractivity contribution in [1.29, 1.82) is 0 Å². The first kappa shape index (κ1) is 18.6. The SMILES string of the molecule is Cn1cc(-c2cnc3ccc(Cc4nnc5sc(CNCC6CC6)nn45)cc3c2)cn1. The monoisotopic (exact) mass is 430 g/mol. The summed E-state index contributed by atoms with van der Waals surface area (Å²) in [4.78, 5) is 5.46. The van der Waals surface area contributed by atoms with Gasteiger partial charge in [-0.1, -0.05) is 17.4 Å². The zero-order valence-electron chi connectivity index (χ0n) is 17.2. The first-order valence-corrected chi connectivity index (χ1v) is 11.3. The predicted molar refractivity (Wildman–Crippen MR) is 120 cm³/mol. The topological polar surface area (TPSA) is 85.8 Å². The fraction of sp³-hybridized carbons (Fsp3) is 0.318. The summed E-state index contributed by atoms with van der Waals surface area (Å²) in [6.07, 6.45) is 9.14. The molecule has 0 radical (unpaired) electrons. The van der Waals surface area contributed by atoms with E-state index >= 15 is 0 Å². The van der Waals surface area contributed by atoms with E-state index in [1.54, 1.807) is 16.0 Å². The highest BCUT2D eigenvalue weighted by Crippen LogP contribution is 2.28. The van der Waals surface area contributed by atoms with Crippen molar-refractivity contribution in [2.75, 3.05) is 6.54 Å². The number of nitrogens with one attached hydrogen (secondary N) is 1. The Morgan fingerprint density at radius 2 is 2.06 bits per heavy atom. The largest absolute Gasteiger partial charge is 0.310 e. The van der Waals surface area contributed by atoms with Gasteiger partial charge in [0.05, 0.1) is 11.7 Å². The lowest BCUT2D eigenvalue weighted by molar-refractivity contribution is 0.629. The molecule has 1 aromatic carbocycles. The highest BCUT2D eigenvalue weighted by molar-refractivity contribution is 7.16. The fourth-order valence-electron chi connectivity index (χ4n) is 3.79. The van der Waals surface area contributed by atoms with Crippen molar-refractivity contribution in [2.24, 2.45) is 13.0 Å². The molecule has 0 unspecified atom stereocenters. The molecule has 156 valence electrons. The first-order valence-electron chi connectivity index (χ1n) is 10.5. The summed E-state index contributed by atoms with van der Waals surface area (Å²) in [5.41, 5.74) is 4.26. The van der Waals surface area contributed by atoms with Crippen LogP contribution in [0.3, 0.4) is 0 Å².